The Labute approximate surface area is 100 Å². The van der Waals surface area contributed by atoms with Gasteiger partial charge < -0.3 is 19.9 Å². The molecule has 0 aromatic rings. The van der Waals surface area contributed by atoms with Gasteiger partial charge in [0.1, 0.15) is 11.6 Å². The molecule has 1 unspecified atom stereocenters. The van der Waals surface area contributed by atoms with E-state index in [1.54, 1.807) is 20.8 Å². The highest BCUT2D eigenvalue weighted by Gasteiger charge is 2.33. The molecule has 98 valence electrons. The number of hydrogen-bond acceptors (Lipinski definition) is 4. The van der Waals surface area contributed by atoms with Crippen molar-refractivity contribution in [2.45, 2.75) is 38.8 Å². The van der Waals surface area contributed by atoms with Gasteiger partial charge in [0.15, 0.2) is 0 Å². The minimum atomic E-state index is -1.06. The smallest absolute Gasteiger partial charge is 0.408 e. The number of carbonyl (C=O) groups is 2. The zero-order chi connectivity index (χ0) is 13.1. The standard InChI is InChI=1S/C11H19NO5/c1-11(2,3)17-10(15)12-8(9(13)14)7-4-5-16-6-7/h7-8H,4-6H2,1-3H3,(H,12,15)(H,13,14)/t7-,8?/m1/s1. The fourth-order valence-corrected chi connectivity index (χ4v) is 1.63. The van der Waals surface area contributed by atoms with Crippen molar-refractivity contribution in [3.63, 3.8) is 0 Å². The van der Waals surface area contributed by atoms with Crippen molar-refractivity contribution >= 4 is 12.1 Å². The van der Waals surface area contributed by atoms with E-state index in [0.29, 0.717) is 19.6 Å². The van der Waals surface area contributed by atoms with Crippen LogP contribution in [0.5, 0.6) is 0 Å². The number of carbonyl (C=O) groups excluding carboxylic acids is 1. The van der Waals surface area contributed by atoms with Gasteiger partial charge in [-0.1, -0.05) is 0 Å². The van der Waals surface area contributed by atoms with Gasteiger partial charge in [0.05, 0.1) is 6.61 Å². The van der Waals surface area contributed by atoms with E-state index in [1.807, 2.05) is 0 Å². The summed E-state index contributed by atoms with van der Waals surface area (Å²) in [6.07, 6.45) is -0.0796. The maximum absolute atomic E-state index is 11.5. The van der Waals surface area contributed by atoms with E-state index in [2.05, 4.69) is 5.32 Å². The SMILES string of the molecule is CC(C)(C)OC(=O)NC(C(=O)O)[C@@H]1CCOC1. The number of amides is 1. The monoisotopic (exact) mass is 245 g/mol. The Balaban J connectivity index is 2.55. The minimum absolute atomic E-state index is 0.194. The third kappa shape index (κ3) is 4.60. The molecule has 0 bridgehead atoms. The number of rotatable bonds is 3. The molecule has 1 amide bonds. The molecule has 6 heteroatoms. The molecule has 1 heterocycles. The van der Waals surface area contributed by atoms with Crippen LogP contribution >= 0.6 is 0 Å². The van der Waals surface area contributed by atoms with E-state index in [9.17, 15) is 9.59 Å². The summed E-state index contributed by atoms with van der Waals surface area (Å²) in [5.41, 5.74) is -0.640. The lowest BCUT2D eigenvalue weighted by atomic mass is 9.99. The lowest BCUT2D eigenvalue weighted by Gasteiger charge is -2.24. The first-order chi connectivity index (χ1) is 7.79. The molecule has 2 atom stereocenters. The average Bonchev–Trinajstić information content (AvgIpc) is 2.63. The number of ether oxygens (including phenoxy) is 2. The summed E-state index contributed by atoms with van der Waals surface area (Å²) in [6, 6.07) is -0.952. The molecular formula is C11H19NO5. The van der Waals surface area contributed by atoms with E-state index < -0.39 is 23.7 Å². The predicted molar refractivity (Wildman–Crippen MR) is 59.7 cm³/mol. The van der Waals surface area contributed by atoms with Crippen LogP contribution in [-0.2, 0) is 14.3 Å². The van der Waals surface area contributed by atoms with Crippen molar-refractivity contribution in [1.29, 1.82) is 0 Å². The summed E-state index contributed by atoms with van der Waals surface area (Å²) < 4.78 is 10.1. The molecule has 2 N–H and O–H groups in total. The normalized spacial score (nSPS) is 21.9. The summed E-state index contributed by atoms with van der Waals surface area (Å²) in [7, 11) is 0. The van der Waals surface area contributed by atoms with Crippen molar-refractivity contribution in [1.82, 2.24) is 5.32 Å². The molecule has 0 aliphatic carbocycles. The maximum atomic E-state index is 11.5. The lowest BCUT2D eigenvalue weighted by molar-refractivity contribution is -0.141. The van der Waals surface area contributed by atoms with E-state index in [4.69, 9.17) is 14.6 Å². The molecule has 0 aromatic heterocycles. The molecule has 1 aliphatic heterocycles. The van der Waals surface area contributed by atoms with Crippen LogP contribution in [-0.4, -0.2) is 42.0 Å². The summed E-state index contributed by atoms with van der Waals surface area (Å²) in [5.74, 6) is -1.26. The Kier molecular flexibility index (Phi) is 4.34. The second kappa shape index (κ2) is 5.35. The molecule has 1 rings (SSSR count). The second-order valence-electron chi connectivity index (χ2n) is 5.09. The van der Waals surface area contributed by atoms with Crippen molar-refractivity contribution in [3.8, 4) is 0 Å². The highest BCUT2D eigenvalue weighted by atomic mass is 16.6. The molecule has 0 spiro atoms. The van der Waals surface area contributed by atoms with Crippen molar-refractivity contribution < 1.29 is 24.2 Å². The predicted octanol–water partition coefficient (Wildman–Crippen LogP) is 1.00. The van der Waals surface area contributed by atoms with Crippen LogP contribution in [0.3, 0.4) is 0 Å². The van der Waals surface area contributed by atoms with Gasteiger partial charge in [-0.2, -0.15) is 0 Å². The van der Waals surface area contributed by atoms with Gasteiger partial charge in [-0.05, 0) is 27.2 Å². The number of alkyl carbamates (subject to hydrolysis) is 1. The molecule has 1 fully saturated rings. The first-order valence-corrected chi connectivity index (χ1v) is 5.59. The van der Waals surface area contributed by atoms with Gasteiger partial charge in [-0.3, -0.25) is 0 Å². The van der Waals surface area contributed by atoms with Gasteiger partial charge in [-0.15, -0.1) is 0 Å². The van der Waals surface area contributed by atoms with Crippen molar-refractivity contribution in [2.75, 3.05) is 13.2 Å². The van der Waals surface area contributed by atoms with Crippen LogP contribution in [0.4, 0.5) is 4.79 Å². The van der Waals surface area contributed by atoms with Gasteiger partial charge in [0.25, 0.3) is 0 Å². The Morgan fingerprint density at radius 1 is 1.47 bits per heavy atom. The number of carboxylic acid groups (broad SMARTS) is 1. The zero-order valence-electron chi connectivity index (χ0n) is 10.4. The van der Waals surface area contributed by atoms with Gasteiger partial charge in [0, 0.05) is 12.5 Å². The number of aliphatic carboxylic acids is 1. The molecule has 0 radical (unpaired) electrons. The van der Waals surface area contributed by atoms with Gasteiger partial charge >= 0.3 is 12.1 Å². The van der Waals surface area contributed by atoms with Crippen molar-refractivity contribution in [3.05, 3.63) is 0 Å². The topological polar surface area (TPSA) is 84.9 Å². The summed E-state index contributed by atoms with van der Waals surface area (Å²) in [4.78, 5) is 22.6. The van der Waals surface area contributed by atoms with Crippen LogP contribution in [0, 0.1) is 5.92 Å². The van der Waals surface area contributed by atoms with Crippen LogP contribution in [0.15, 0.2) is 0 Å². The zero-order valence-corrected chi connectivity index (χ0v) is 10.4. The molecule has 1 saturated heterocycles. The lowest BCUT2D eigenvalue weighted by Crippen LogP contribution is -2.47. The Morgan fingerprint density at radius 2 is 2.12 bits per heavy atom. The maximum Gasteiger partial charge on any atom is 0.408 e. The minimum Gasteiger partial charge on any atom is -0.480 e. The van der Waals surface area contributed by atoms with E-state index in [-0.39, 0.29) is 5.92 Å². The largest absolute Gasteiger partial charge is 0.480 e. The Bertz CT molecular complexity index is 291. The van der Waals surface area contributed by atoms with Crippen LogP contribution in [0.2, 0.25) is 0 Å². The van der Waals surface area contributed by atoms with E-state index >= 15 is 0 Å². The van der Waals surface area contributed by atoms with Gasteiger partial charge in [0.2, 0.25) is 0 Å². The first kappa shape index (κ1) is 13.8. The van der Waals surface area contributed by atoms with E-state index in [1.165, 1.54) is 0 Å². The summed E-state index contributed by atoms with van der Waals surface area (Å²) in [6.45, 7) is 6.06. The highest BCUT2D eigenvalue weighted by Crippen LogP contribution is 2.17. The molecule has 0 saturated carbocycles. The average molecular weight is 245 g/mol. The van der Waals surface area contributed by atoms with Crippen molar-refractivity contribution in [2.24, 2.45) is 5.92 Å². The van der Waals surface area contributed by atoms with Crippen LogP contribution in [0.25, 0.3) is 0 Å². The quantitative estimate of drug-likeness (QED) is 0.774. The molecule has 6 nitrogen and oxygen atoms in total. The number of hydrogen-bond donors (Lipinski definition) is 2. The third-order valence-electron chi connectivity index (χ3n) is 2.37. The fraction of sp³-hybridized carbons (Fsp3) is 0.818. The van der Waals surface area contributed by atoms with Crippen LogP contribution in [0.1, 0.15) is 27.2 Å². The second-order valence-corrected chi connectivity index (χ2v) is 5.09. The number of carboxylic acids is 1. The summed E-state index contributed by atoms with van der Waals surface area (Å²) >= 11 is 0. The Morgan fingerprint density at radius 3 is 2.53 bits per heavy atom. The first-order valence-electron chi connectivity index (χ1n) is 5.59. The molecule has 0 aromatic carbocycles. The van der Waals surface area contributed by atoms with Gasteiger partial charge in [-0.25, -0.2) is 9.59 Å². The molecule has 1 aliphatic rings. The molecular weight excluding hydrogens is 226 g/mol. The highest BCUT2D eigenvalue weighted by molar-refractivity contribution is 5.80. The number of nitrogens with one attached hydrogen (secondary N) is 1. The van der Waals surface area contributed by atoms with Crippen LogP contribution < -0.4 is 5.32 Å². The van der Waals surface area contributed by atoms with E-state index in [0.717, 1.165) is 0 Å². The summed E-state index contributed by atoms with van der Waals surface area (Å²) in [5, 5.41) is 11.4. The molecule has 17 heavy (non-hydrogen) atoms. The third-order valence-corrected chi connectivity index (χ3v) is 2.37. The Hall–Kier alpha value is -1.30. The fourth-order valence-electron chi connectivity index (χ4n) is 1.63.